The highest BCUT2D eigenvalue weighted by Gasteiger charge is 1.99. The van der Waals surface area contributed by atoms with Gasteiger partial charge < -0.3 is 5.32 Å². The van der Waals surface area contributed by atoms with Gasteiger partial charge in [-0.05, 0) is 30.0 Å². The van der Waals surface area contributed by atoms with Gasteiger partial charge in [-0.1, -0.05) is 54.6 Å². The van der Waals surface area contributed by atoms with Crippen molar-refractivity contribution in [1.82, 2.24) is 5.32 Å². The second kappa shape index (κ2) is 6.72. The first-order valence-electron chi connectivity index (χ1n) is 6.57. The molecule has 96 valence electrons. The summed E-state index contributed by atoms with van der Waals surface area (Å²) in [6.45, 7) is 2.71. The third kappa shape index (κ3) is 3.94. The molecule has 0 aliphatic heterocycles. The molecule has 0 amide bonds. The standard InChI is InChI=1S/C17H18N2/c1-14(13-18)19-12-11-15-7-9-17(10-8-15)16-5-3-2-4-6-16/h2-10,14,19H,11-12H2,1H3. The molecule has 0 radical (unpaired) electrons. The van der Waals surface area contributed by atoms with Gasteiger partial charge in [0.15, 0.2) is 0 Å². The molecule has 2 aromatic carbocycles. The van der Waals surface area contributed by atoms with Crippen molar-refractivity contribution in [3.8, 4) is 17.2 Å². The summed E-state index contributed by atoms with van der Waals surface area (Å²) < 4.78 is 0. The first-order chi connectivity index (χ1) is 9.29. The number of nitrogens with zero attached hydrogens (tertiary/aromatic N) is 1. The summed E-state index contributed by atoms with van der Waals surface area (Å²) in [4.78, 5) is 0. The Kier molecular flexibility index (Phi) is 4.72. The molecular weight excluding hydrogens is 232 g/mol. The van der Waals surface area contributed by atoms with Gasteiger partial charge in [-0.25, -0.2) is 0 Å². The molecule has 2 heteroatoms. The van der Waals surface area contributed by atoms with E-state index in [1.54, 1.807) is 0 Å². The Bertz CT molecular complexity index is 538. The Labute approximate surface area is 114 Å². The van der Waals surface area contributed by atoms with Crippen LogP contribution in [0.25, 0.3) is 11.1 Å². The molecule has 0 aliphatic carbocycles. The minimum absolute atomic E-state index is 0.0800. The number of rotatable bonds is 5. The molecule has 19 heavy (non-hydrogen) atoms. The fraction of sp³-hybridized carbons (Fsp3) is 0.235. The van der Waals surface area contributed by atoms with Gasteiger partial charge in [-0.15, -0.1) is 0 Å². The Morgan fingerprint density at radius 1 is 1.00 bits per heavy atom. The van der Waals surface area contributed by atoms with E-state index in [9.17, 15) is 0 Å². The zero-order chi connectivity index (χ0) is 13.5. The van der Waals surface area contributed by atoms with E-state index in [0.29, 0.717) is 0 Å². The molecule has 0 aliphatic rings. The minimum atomic E-state index is -0.0800. The van der Waals surface area contributed by atoms with Crippen LogP contribution < -0.4 is 5.32 Å². The van der Waals surface area contributed by atoms with E-state index in [4.69, 9.17) is 5.26 Å². The smallest absolute Gasteiger partial charge is 0.0924 e. The number of benzene rings is 2. The quantitative estimate of drug-likeness (QED) is 0.882. The molecule has 0 bridgehead atoms. The summed E-state index contributed by atoms with van der Waals surface area (Å²) >= 11 is 0. The summed E-state index contributed by atoms with van der Waals surface area (Å²) in [7, 11) is 0. The van der Waals surface area contributed by atoms with Crippen molar-refractivity contribution in [3.63, 3.8) is 0 Å². The molecule has 0 saturated heterocycles. The molecule has 0 spiro atoms. The minimum Gasteiger partial charge on any atom is -0.302 e. The summed E-state index contributed by atoms with van der Waals surface area (Å²) in [5, 5.41) is 11.8. The van der Waals surface area contributed by atoms with Crippen molar-refractivity contribution in [3.05, 3.63) is 60.2 Å². The van der Waals surface area contributed by atoms with E-state index >= 15 is 0 Å². The van der Waals surface area contributed by atoms with Gasteiger partial charge in [0.1, 0.15) is 0 Å². The van der Waals surface area contributed by atoms with Gasteiger partial charge in [-0.3, -0.25) is 0 Å². The van der Waals surface area contributed by atoms with E-state index in [1.807, 2.05) is 13.0 Å². The lowest BCUT2D eigenvalue weighted by Crippen LogP contribution is -2.26. The van der Waals surface area contributed by atoms with Crippen LogP contribution in [0.1, 0.15) is 12.5 Å². The number of hydrogen-bond acceptors (Lipinski definition) is 2. The van der Waals surface area contributed by atoms with E-state index in [2.05, 4.69) is 59.9 Å². The molecule has 2 aromatic rings. The van der Waals surface area contributed by atoms with Crippen LogP contribution in [0, 0.1) is 11.3 Å². The van der Waals surface area contributed by atoms with Crippen LogP contribution in [0.15, 0.2) is 54.6 Å². The Morgan fingerprint density at radius 3 is 2.26 bits per heavy atom. The summed E-state index contributed by atoms with van der Waals surface area (Å²) in [6, 6.07) is 21.1. The molecule has 1 atom stereocenters. The molecule has 0 saturated carbocycles. The normalized spacial score (nSPS) is 11.8. The maximum absolute atomic E-state index is 8.68. The maximum atomic E-state index is 8.68. The highest BCUT2D eigenvalue weighted by atomic mass is 14.9. The van der Waals surface area contributed by atoms with Crippen LogP contribution in [-0.4, -0.2) is 12.6 Å². The molecule has 0 fully saturated rings. The molecule has 0 heterocycles. The van der Waals surface area contributed by atoms with E-state index < -0.39 is 0 Å². The van der Waals surface area contributed by atoms with E-state index in [-0.39, 0.29) is 6.04 Å². The third-order valence-electron chi connectivity index (χ3n) is 3.12. The van der Waals surface area contributed by atoms with Gasteiger partial charge in [0.05, 0.1) is 12.1 Å². The van der Waals surface area contributed by atoms with Crippen LogP contribution in [0.5, 0.6) is 0 Å². The third-order valence-corrected chi connectivity index (χ3v) is 3.12. The average Bonchev–Trinajstić information content (AvgIpc) is 2.48. The molecule has 2 nitrogen and oxygen atoms in total. The van der Waals surface area contributed by atoms with Crippen LogP contribution in [0.3, 0.4) is 0 Å². The Balaban J connectivity index is 1.94. The fourth-order valence-corrected chi connectivity index (χ4v) is 1.97. The SMILES string of the molecule is CC(C#N)NCCc1ccc(-c2ccccc2)cc1. The van der Waals surface area contributed by atoms with Crippen molar-refractivity contribution >= 4 is 0 Å². The summed E-state index contributed by atoms with van der Waals surface area (Å²) in [5.41, 5.74) is 3.77. The number of hydrogen-bond donors (Lipinski definition) is 1. The van der Waals surface area contributed by atoms with Gasteiger partial charge in [0.25, 0.3) is 0 Å². The van der Waals surface area contributed by atoms with Gasteiger partial charge in [0.2, 0.25) is 0 Å². The average molecular weight is 250 g/mol. The van der Waals surface area contributed by atoms with Crippen LogP contribution in [0.4, 0.5) is 0 Å². The second-order valence-electron chi connectivity index (χ2n) is 4.62. The highest BCUT2D eigenvalue weighted by Crippen LogP contribution is 2.19. The van der Waals surface area contributed by atoms with Gasteiger partial charge in [-0.2, -0.15) is 5.26 Å². The van der Waals surface area contributed by atoms with Crippen molar-refractivity contribution in [1.29, 1.82) is 5.26 Å². The van der Waals surface area contributed by atoms with Crippen molar-refractivity contribution < 1.29 is 0 Å². The van der Waals surface area contributed by atoms with Crippen LogP contribution in [0.2, 0.25) is 0 Å². The van der Waals surface area contributed by atoms with E-state index in [1.165, 1.54) is 16.7 Å². The first-order valence-corrected chi connectivity index (χ1v) is 6.57. The van der Waals surface area contributed by atoms with E-state index in [0.717, 1.165) is 13.0 Å². The van der Waals surface area contributed by atoms with Crippen molar-refractivity contribution in [2.24, 2.45) is 0 Å². The molecule has 1 unspecified atom stereocenters. The van der Waals surface area contributed by atoms with Gasteiger partial charge >= 0.3 is 0 Å². The number of nitriles is 1. The topological polar surface area (TPSA) is 35.8 Å². The first kappa shape index (κ1) is 13.3. The predicted octanol–water partition coefficient (Wildman–Crippen LogP) is 3.40. The molecule has 2 rings (SSSR count). The molecule has 1 N–H and O–H groups in total. The van der Waals surface area contributed by atoms with Crippen LogP contribution >= 0.6 is 0 Å². The molecule has 0 aromatic heterocycles. The lowest BCUT2D eigenvalue weighted by atomic mass is 10.0. The van der Waals surface area contributed by atoms with Crippen molar-refractivity contribution in [2.45, 2.75) is 19.4 Å². The Morgan fingerprint density at radius 2 is 1.63 bits per heavy atom. The van der Waals surface area contributed by atoms with Crippen LogP contribution in [-0.2, 0) is 6.42 Å². The summed E-state index contributed by atoms with van der Waals surface area (Å²) in [5.74, 6) is 0. The maximum Gasteiger partial charge on any atom is 0.0924 e. The zero-order valence-electron chi connectivity index (χ0n) is 11.1. The number of nitrogens with one attached hydrogen (secondary N) is 1. The highest BCUT2D eigenvalue weighted by molar-refractivity contribution is 5.63. The largest absolute Gasteiger partial charge is 0.302 e. The zero-order valence-corrected chi connectivity index (χ0v) is 11.1. The monoisotopic (exact) mass is 250 g/mol. The van der Waals surface area contributed by atoms with Gasteiger partial charge in [0, 0.05) is 6.54 Å². The lowest BCUT2D eigenvalue weighted by molar-refractivity contribution is 0.640. The fourth-order valence-electron chi connectivity index (χ4n) is 1.97. The molecular formula is C17H18N2. The predicted molar refractivity (Wildman–Crippen MR) is 78.7 cm³/mol. The lowest BCUT2D eigenvalue weighted by Gasteiger charge is -2.07. The second-order valence-corrected chi connectivity index (χ2v) is 4.62. The summed E-state index contributed by atoms with van der Waals surface area (Å²) in [6.07, 6.45) is 0.946. The Hall–Kier alpha value is -2.11. The van der Waals surface area contributed by atoms with Crippen molar-refractivity contribution in [2.75, 3.05) is 6.54 Å².